The van der Waals surface area contributed by atoms with Crippen molar-refractivity contribution in [2.24, 2.45) is 0 Å². The van der Waals surface area contributed by atoms with Crippen molar-refractivity contribution in [3.63, 3.8) is 0 Å². The van der Waals surface area contributed by atoms with E-state index in [1.165, 1.54) is 29.1 Å². The zero-order valence-electron chi connectivity index (χ0n) is 11.8. The number of benzene rings is 1. The average Bonchev–Trinajstić information content (AvgIpc) is 2.26. The topological polar surface area (TPSA) is 18.1 Å². The van der Waals surface area contributed by atoms with Crippen LogP contribution in [0, 0.1) is 6.92 Å². The summed E-state index contributed by atoms with van der Waals surface area (Å²) in [5, 5.41) is 0. The summed E-state index contributed by atoms with van der Waals surface area (Å²) in [5.41, 5.74) is 2.60. The van der Waals surface area contributed by atoms with Crippen LogP contribution in [0.3, 0.4) is 0 Å². The second kappa shape index (κ2) is 6.62. The van der Waals surface area contributed by atoms with E-state index in [2.05, 4.69) is 46.3 Å². The molecule has 1 aromatic carbocycles. The molecule has 0 fully saturated rings. The molecule has 0 aliphatic carbocycles. The van der Waals surface area contributed by atoms with Crippen LogP contribution in [0.5, 0.6) is 5.75 Å². The Morgan fingerprint density at radius 1 is 1.12 bits per heavy atom. The number of hydrogen-bond acceptors (Lipinski definition) is 1. The van der Waals surface area contributed by atoms with Crippen molar-refractivity contribution < 1.29 is 14.5 Å². The van der Waals surface area contributed by atoms with E-state index in [-0.39, 0.29) is 0 Å². The molecule has 0 aliphatic heterocycles. The van der Waals surface area contributed by atoms with E-state index in [1.54, 1.807) is 12.0 Å². The number of likely N-dealkylation sites (N-methyl/N-ethyl adjacent to an activating group) is 2. The Balaban J connectivity index is 2.53. The Kier molecular flexibility index (Phi) is 5.45. The molecule has 0 heterocycles. The highest BCUT2D eigenvalue weighted by molar-refractivity contribution is 5.35. The molecule has 17 heavy (non-hydrogen) atoms. The van der Waals surface area contributed by atoms with Gasteiger partial charge in [0.2, 0.25) is 0 Å². The van der Waals surface area contributed by atoms with E-state index in [0.717, 1.165) is 12.3 Å². The second-order valence-electron chi connectivity index (χ2n) is 5.14. The van der Waals surface area contributed by atoms with Crippen LogP contribution in [-0.2, 0) is 6.54 Å². The first-order valence-corrected chi connectivity index (χ1v) is 6.26. The minimum atomic E-state index is 0.976. The zero-order valence-corrected chi connectivity index (χ0v) is 11.8. The van der Waals surface area contributed by atoms with Crippen LogP contribution >= 0.6 is 0 Å². The molecular formula is C14H26N2O+2. The van der Waals surface area contributed by atoms with Crippen LogP contribution in [-0.4, -0.2) is 41.3 Å². The van der Waals surface area contributed by atoms with Crippen molar-refractivity contribution in [1.29, 1.82) is 0 Å². The molecule has 0 aliphatic rings. The number of aryl methyl sites for hydroxylation is 1. The molecule has 0 spiro atoms. The molecular weight excluding hydrogens is 212 g/mol. The molecule has 0 radical (unpaired) electrons. The first-order valence-electron chi connectivity index (χ1n) is 6.26. The predicted octanol–water partition coefficient (Wildman–Crippen LogP) is -0.837. The first kappa shape index (κ1) is 14.0. The van der Waals surface area contributed by atoms with E-state index in [0.29, 0.717) is 0 Å². The summed E-state index contributed by atoms with van der Waals surface area (Å²) < 4.78 is 5.27. The van der Waals surface area contributed by atoms with Gasteiger partial charge in [0.25, 0.3) is 0 Å². The van der Waals surface area contributed by atoms with Gasteiger partial charge in [0.1, 0.15) is 25.4 Å². The van der Waals surface area contributed by atoms with Gasteiger partial charge in [0.15, 0.2) is 0 Å². The van der Waals surface area contributed by atoms with Gasteiger partial charge in [-0.2, -0.15) is 0 Å². The van der Waals surface area contributed by atoms with Gasteiger partial charge in [-0.25, -0.2) is 0 Å². The van der Waals surface area contributed by atoms with Gasteiger partial charge in [0, 0.05) is 5.56 Å². The van der Waals surface area contributed by atoms with Crippen LogP contribution < -0.4 is 14.5 Å². The number of quaternary nitrogens is 2. The van der Waals surface area contributed by atoms with Crippen LogP contribution in [0.1, 0.15) is 11.1 Å². The van der Waals surface area contributed by atoms with Gasteiger partial charge in [0.05, 0.1) is 28.3 Å². The normalized spacial score (nSPS) is 12.8. The summed E-state index contributed by atoms with van der Waals surface area (Å²) in [5.74, 6) is 0.976. The fourth-order valence-electron chi connectivity index (χ4n) is 1.95. The lowest BCUT2D eigenvalue weighted by Crippen LogP contribution is -3.15. The quantitative estimate of drug-likeness (QED) is 0.661. The molecule has 96 valence electrons. The van der Waals surface area contributed by atoms with E-state index < -0.39 is 0 Å². The first-order chi connectivity index (χ1) is 8.02. The van der Waals surface area contributed by atoms with Crippen LogP contribution in [0.4, 0.5) is 0 Å². The lowest BCUT2D eigenvalue weighted by atomic mass is 10.1. The van der Waals surface area contributed by atoms with Crippen molar-refractivity contribution in [2.75, 3.05) is 41.3 Å². The Labute approximate surface area is 105 Å². The summed E-state index contributed by atoms with van der Waals surface area (Å²) in [7, 11) is 8.37. The summed E-state index contributed by atoms with van der Waals surface area (Å²) in [6, 6.07) is 6.46. The van der Waals surface area contributed by atoms with Gasteiger partial charge < -0.3 is 14.5 Å². The molecule has 0 saturated carbocycles. The van der Waals surface area contributed by atoms with Crippen molar-refractivity contribution in [2.45, 2.75) is 13.5 Å². The summed E-state index contributed by atoms with van der Waals surface area (Å²) in [6.45, 7) is 5.59. The summed E-state index contributed by atoms with van der Waals surface area (Å²) in [6.07, 6.45) is 0. The van der Waals surface area contributed by atoms with E-state index in [9.17, 15) is 0 Å². The van der Waals surface area contributed by atoms with Crippen LogP contribution in [0.25, 0.3) is 0 Å². The maximum atomic E-state index is 5.27. The summed E-state index contributed by atoms with van der Waals surface area (Å²) >= 11 is 0. The Morgan fingerprint density at radius 3 is 2.35 bits per heavy atom. The molecule has 1 rings (SSSR count). The van der Waals surface area contributed by atoms with Gasteiger partial charge >= 0.3 is 0 Å². The van der Waals surface area contributed by atoms with Gasteiger partial charge in [-0.3, -0.25) is 0 Å². The minimum absolute atomic E-state index is 0.976. The lowest BCUT2D eigenvalue weighted by molar-refractivity contribution is -0.937. The number of nitrogens with one attached hydrogen (secondary N) is 2. The molecule has 0 aromatic heterocycles. The molecule has 2 N–H and O–H groups in total. The van der Waals surface area contributed by atoms with Gasteiger partial charge in [-0.15, -0.1) is 0 Å². The van der Waals surface area contributed by atoms with Crippen molar-refractivity contribution in [3.05, 3.63) is 29.3 Å². The highest BCUT2D eigenvalue weighted by Gasteiger charge is 2.07. The summed E-state index contributed by atoms with van der Waals surface area (Å²) in [4.78, 5) is 3.06. The Hall–Kier alpha value is -1.06. The lowest BCUT2D eigenvalue weighted by Gasteiger charge is -2.16. The molecule has 3 heteroatoms. The predicted molar refractivity (Wildman–Crippen MR) is 70.9 cm³/mol. The smallest absolute Gasteiger partial charge is 0.127 e. The highest BCUT2D eigenvalue weighted by Crippen LogP contribution is 2.17. The molecule has 0 amide bonds. The third kappa shape index (κ3) is 4.75. The number of rotatable bonds is 6. The zero-order chi connectivity index (χ0) is 12.8. The maximum Gasteiger partial charge on any atom is 0.127 e. The third-order valence-corrected chi connectivity index (χ3v) is 3.02. The van der Waals surface area contributed by atoms with Crippen LogP contribution in [0.15, 0.2) is 18.2 Å². The minimum Gasteiger partial charge on any atom is -0.496 e. The Morgan fingerprint density at radius 2 is 1.82 bits per heavy atom. The maximum absolute atomic E-state index is 5.27. The number of methoxy groups -OCH3 is 1. The second-order valence-corrected chi connectivity index (χ2v) is 5.14. The van der Waals surface area contributed by atoms with Crippen molar-refractivity contribution in [1.82, 2.24) is 0 Å². The molecule has 0 bridgehead atoms. The van der Waals surface area contributed by atoms with Crippen molar-refractivity contribution >= 4 is 0 Å². The van der Waals surface area contributed by atoms with Crippen LogP contribution in [0.2, 0.25) is 0 Å². The fraction of sp³-hybridized carbons (Fsp3) is 0.571. The van der Waals surface area contributed by atoms with E-state index in [1.807, 2.05) is 0 Å². The fourth-order valence-corrected chi connectivity index (χ4v) is 1.95. The van der Waals surface area contributed by atoms with Gasteiger partial charge in [-0.05, 0) is 30.7 Å². The molecule has 0 saturated heterocycles. The molecule has 3 nitrogen and oxygen atoms in total. The number of ether oxygens (including phenoxy) is 1. The van der Waals surface area contributed by atoms with E-state index >= 15 is 0 Å². The average molecular weight is 238 g/mol. The Bertz CT molecular complexity index is 350. The molecule has 1 atom stereocenters. The standard InChI is InChI=1S/C14H24N2O/c1-12-10-13(6-7-14(12)17-5)11-16(4)9-8-15(2)3/h6-7,10H,8-9,11H2,1-5H3/p+2. The number of hydrogen-bond donors (Lipinski definition) is 2. The third-order valence-electron chi connectivity index (χ3n) is 3.02. The monoisotopic (exact) mass is 238 g/mol. The van der Waals surface area contributed by atoms with Crippen molar-refractivity contribution in [3.8, 4) is 5.75 Å². The molecule has 1 unspecified atom stereocenters. The van der Waals surface area contributed by atoms with Gasteiger partial charge in [-0.1, -0.05) is 0 Å². The highest BCUT2D eigenvalue weighted by atomic mass is 16.5. The SMILES string of the molecule is COc1ccc(C[NH+](C)CC[NH+](C)C)cc1C. The van der Waals surface area contributed by atoms with E-state index in [4.69, 9.17) is 4.74 Å². The largest absolute Gasteiger partial charge is 0.496 e. The molecule has 1 aromatic rings.